The zero-order valence-electron chi connectivity index (χ0n) is 12.5. The molecule has 8 nitrogen and oxygen atoms in total. The predicted molar refractivity (Wildman–Crippen MR) is 71.0 cm³/mol. The minimum Gasteiger partial charge on any atom is -0.466 e. The number of ether oxygens (including phenoxy) is 3. The Balaban J connectivity index is 4.37. The Kier molecular flexibility index (Phi) is 8.43. The van der Waals surface area contributed by atoms with Crippen LogP contribution in [0.2, 0.25) is 0 Å². The number of nitrogens with zero attached hydrogens (tertiary/aromatic N) is 1. The van der Waals surface area contributed by atoms with Gasteiger partial charge in [0.05, 0.1) is 13.7 Å². The molecule has 0 saturated heterocycles. The molecule has 1 unspecified atom stereocenters. The molecule has 0 heterocycles. The molecule has 21 heavy (non-hydrogen) atoms. The van der Waals surface area contributed by atoms with Gasteiger partial charge in [0.25, 0.3) is 5.91 Å². The summed E-state index contributed by atoms with van der Waals surface area (Å²) in [6, 6.07) is 0. The van der Waals surface area contributed by atoms with Crippen LogP contribution in [-0.4, -0.2) is 62.1 Å². The monoisotopic (exact) mass is 301 g/mol. The number of carbonyl (C=O) groups is 4. The van der Waals surface area contributed by atoms with Gasteiger partial charge in [-0.15, -0.1) is 0 Å². The number of amides is 1. The van der Waals surface area contributed by atoms with Crippen LogP contribution in [0, 0.1) is 0 Å². The van der Waals surface area contributed by atoms with E-state index < -0.39 is 29.9 Å². The summed E-state index contributed by atoms with van der Waals surface area (Å²) in [4.78, 5) is 46.3. The molecule has 0 spiro atoms. The molecular weight excluding hydrogens is 282 g/mol. The molecule has 0 aliphatic carbocycles. The molecule has 0 aromatic rings. The van der Waals surface area contributed by atoms with Gasteiger partial charge >= 0.3 is 17.9 Å². The second kappa shape index (κ2) is 9.51. The van der Waals surface area contributed by atoms with E-state index in [9.17, 15) is 19.2 Å². The van der Waals surface area contributed by atoms with E-state index in [4.69, 9.17) is 9.47 Å². The van der Waals surface area contributed by atoms with Crippen molar-refractivity contribution >= 4 is 23.8 Å². The van der Waals surface area contributed by atoms with Crippen molar-refractivity contribution < 1.29 is 33.4 Å². The third-order valence-corrected chi connectivity index (χ3v) is 2.25. The van der Waals surface area contributed by atoms with Crippen molar-refractivity contribution in [3.05, 3.63) is 12.2 Å². The second-order valence-corrected chi connectivity index (χ2v) is 3.93. The topological polar surface area (TPSA) is 99.2 Å². The molecule has 0 saturated carbocycles. The SMILES string of the molecule is CCOC(=O)CN(C)C(=O)C(C)OC(=O)C=CC(=O)OC. The first-order valence-corrected chi connectivity index (χ1v) is 6.19. The lowest BCUT2D eigenvalue weighted by molar-refractivity contribution is -0.157. The van der Waals surface area contributed by atoms with Crippen LogP contribution in [0.25, 0.3) is 0 Å². The first-order valence-electron chi connectivity index (χ1n) is 6.19. The molecule has 8 heteroatoms. The van der Waals surface area contributed by atoms with Gasteiger partial charge in [-0.25, -0.2) is 9.59 Å². The Hall–Kier alpha value is -2.38. The maximum Gasteiger partial charge on any atom is 0.331 e. The summed E-state index contributed by atoms with van der Waals surface area (Å²) in [6.07, 6.45) is 0.627. The second-order valence-electron chi connectivity index (χ2n) is 3.93. The van der Waals surface area contributed by atoms with Crippen molar-refractivity contribution in [2.75, 3.05) is 27.3 Å². The molecule has 0 aliphatic rings. The van der Waals surface area contributed by atoms with Crippen LogP contribution < -0.4 is 0 Å². The Labute approximate surface area is 122 Å². The summed E-state index contributed by atoms with van der Waals surface area (Å²) < 4.78 is 13.8. The third kappa shape index (κ3) is 7.71. The minimum absolute atomic E-state index is 0.212. The fraction of sp³-hybridized carbons (Fsp3) is 0.538. The lowest BCUT2D eigenvalue weighted by Crippen LogP contribution is -2.40. The van der Waals surface area contributed by atoms with Crippen LogP contribution in [0.5, 0.6) is 0 Å². The van der Waals surface area contributed by atoms with Crippen LogP contribution >= 0.6 is 0 Å². The van der Waals surface area contributed by atoms with Crippen LogP contribution in [0.15, 0.2) is 12.2 Å². The molecule has 0 aliphatic heterocycles. The van der Waals surface area contributed by atoms with Crippen LogP contribution in [0.3, 0.4) is 0 Å². The molecule has 0 rings (SSSR count). The van der Waals surface area contributed by atoms with E-state index in [1.54, 1.807) is 6.92 Å². The Morgan fingerprint density at radius 1 is 1.14 bits per heavy atom. The van der Waals surface area contributed by atoms with Gasteiger partial charge in [0.1, 0.15) is 6.54 Å². The number of hydrogen-bond acceptors (Lipinski definition) is 7. The summed E-state index contributed by atoms with van der Waals surface area (Å²) >= 11 is 0. The predicted octanol–water partition coefficient (Wildman–Crippen LogP) is -0.331. The van der Waals surface area contributed by atoms with E-state index >= 15 is 0 Å². The average Bonchev–Trinajstić information content (AvgIpc) is 2.43. The quantitative estimate of drug-likeness (QED) is 0.360. The highest BCUT2D eigenvalue weighted by Crippen LogP contribution is 1.99. The zero-order chi connectivity index (χ0) is 16.4. The maximum atomic E-state index is 11.8. The fourth-order valence-electron chi connectivity index (χ4n) is 1.26. The Morgan fingerprint density at radius 2 is 1.71 bits per heavy atom. The lowest BCUT2D eigenvalue weighted by atomic mass is 10.3. The fourth-order valence-corrected chi connectivity index (χ4v) is 1.26. The van der Waals surface area contributed by atoms with Crippen molar-refractivity contribution in [3.63, 3.8) is 0 Å². The van der Waals surface area contributed by atoms with E-state index in [-0.39, 0.29) is 13.2 Å². The lowest BCUT2D eigenvalue weighted by Gasteiger charge is -2.20. The number of rotatable bonds is 7. The van der Waals surface area contributed by atoms with Gasteiger partial charge in [-0.3, -0.25) is 9.59 Å². The minimum atomic E-state index is -1.10. The van der Waals surface area contributed by atoms with Gasteiger partial charge in [0.15, 0.2) is 6.10 Å². The van der Waals surface area contributed by atoms with Crippen molar-refractivity contribution in [2.24, 2.45) is 0 Å². The van der Waals surface area contributed by atoms with Gasteiger partial charge in [0, 0.05) is 19.2 Å². The van der Waals surface area contributed by atoms with E-state index in [1.807, 2.05) is 0 Å². The summed E-state index contributed by atoms with van der Waals surface area (Å²) in [5.41, 5.74) is 0. The van der Waals surface area contributed by atoms with Crippen molar-refractivity contribution in [2.45, 2.75) is 20.0 Å². The standard InChI is InChI=1S/C13H19NO7/c1-5-20-12(17)8-14(3)13(18)9(2)21-11(16)7-6-10(15)19-4/h6-7,9H,5,8H2,1-4H3. The normalized spacial score (nSPS) is 11.6. The number of carbonyl (C=O) groups excluding carboxylic acids is 4. The van der Waals surface area contributed by atoms with Gasteiger partial charge in [-0.1, -0.05) is 0 Å². The molecule has 0 fully saturated rings. The van der Waals surface area contributed by atoms with E-state index in [0.29, 0.717) is 0 Å². The van der Waals surface area contributed by atoms with Crippen molar-refractivity contribution in [1.82, 2.24) is 4.90 Å². The first-order chi connectivity index (χ1) is 9.81. The molecular formula is C13H19NO7. The number of methoxy groups -OCH3 is 1. The molecule has 0 N–H and O–H groups in total. The molecule has 0 radical (unpaired) electrons. The molecule has 1 atom stereocenters. The van der Waals surface area contributed by atoms with Crippen molar-refractivity contribution in [1.29, 1.82) is 0 Å². The van der Waals surface area contributed by atoms with Gasteiger partial charge < -0.3 is 19.1 Å². The van der Waals surface area contributed by atoms with Crippen LogP contribution in [0.4, 0.5) is 0 Å². The van der Waals surface area contributed by atoms with E-state index in [0.717, 1.165) is 24.2 Å². The zero-order valence-corrected chi connectivity index (χ0v) is 12.5. The molecule has 1 amide bonds. The van der Waals surface area contributed by atoms with E-state index in [1.165, 1.54) is 14.0 Å². The summed E-state index contributed by atoms with van der Waals surface area (Å²) in [5.74, 6) is -2.71. The largest absolute Gasteiger partial charge is 0.466 e. The molecule has 0 aromatic heterocycles. The van der Waals surface area contributed by atoms with Crippen LogP contribution in [0.1, 0.15) is 13.8 Å². The highest BCUT2D eigenvalue weighted by Gasteiger charge is 2.22. The van der Waals surface area contributed by atoms with Gasteiger partial charge in [-0.05, 0) is 13.8 Å². The average molecular weight is 301 g/mol. The highest BCUT2D eigenvalue weighted by atomic mass is 16.5. The summed E-state index contributed by atoms with van der Waals surface area (Å²) in [5, 5.41) is 0. The van der Waals surface area contributed by atoms with Crippen molar-refractivity contribution in [3.8, 4) is 0 Å². The highest BCUT2D eigenvalue weighted by molar-refractivity contribution is 5.93. The van der Waals surface area contributed by atoms with E-state index in [2.05, 4.69) is 4.74 Å². The maximum absolute atomic E-state index is 11.8. The number of likely N-dealkylation sites (N-methyl/N-ethyl adjacent to an activating group) is 1. The molecule has 0 aromatic carbocycles. The number of hydrogen-bond donors (Lipinski definition) is 0. The summed E-state index contributed by atoms with van der Waals surface area (Å²) in [7, 11) is 2.54. The first kappa shape index (κ1) is 18.6. The Bertz CT molecular complexity index is 430. The molecule has 118 valence electrons. The summed E-state index contributed by atoms with van der Waals surface area (Å²) in [6.45, 7) is 2.97. The van der Waals surface area contributed by atoms with Crippen LogP contribution in [-0.2, 0) is 33.4 Å². The Morgan fingerprint density at radius 3 is 2.24 bits per heavy atom. The van der Waals surface area contributed by atoms with Gasteiger partial charge in [-0.2, -0.15) is 0 Å². The third-order valence-electron chi connectivity index (χ3n) is 2.25. The smallest absolute Gasteiger partial charge is 0.331 e. The van der Waals surface area contributed by atoms with Gasteiger partial charge in [0.2, 0.25) is 0 Å². The number of esters is 3. The molecule has 0 bridgehead atoms.